The van der Waals surface area contributed by atoms with Crippen LogP contribution in [0.3, 0.4) is 0 Å². The SMILES string of the molecule is CCc1c(-c2ccncc2)nc(-c2ccc(OC)c(OC)c2)n1O. The Hall–Kier alpha value is -3.02. The van der Waals surface area contributed by atoms with Crippen LogP contribution in [0.2, 0.25) is 0 Å². The topological polar surface area (TPSA) is 69.4 Å². The molecule has 2 heterocycles. The van der Waals surface area contributed by atoms with Gasteiger partial charge in [-0.15, -0.1) is 0 Å². The Balaban J connectivity index is 2.14. The molecule has 1 aromatic carbocycles. The molecule has 1 N–H and O–H groups in total. The maximum atomic E-state index is 10.6. The number of hydrogen-bond acceptors (Lipinski definition) is 5. The maximum Gasteiger partial charge on any atom is 0.176 e. The Morgan fingerprint density at radius 2 is 1.71 bits per heavy atom. The first-order chi connectivity index (χ1) is 11.7. The fourth-order valence-electron chi connectivity index (χ4n) is 2.67. The van der Waals surface area contributed by atoms with Gasteiger partial charge in [-0.05, 0) is 36.8 Å². The first-order valence-corrected chi connectivity index (χ1v) is 7.63. The number of methoxy groups -OCH3 is 2. The van der Waals surface area contributed by atoms with Crippen molar-refractivity contribution >= 4 is 0 Å². The molecule has 0 fully saturated rings. The predicted octanol–water partition coefficient (Wildman–Crippen LogP) is 3.43. The lowest BCUT2D eigenvalue weighted by Crippen LogP contribution is -2.00. The Morgan fingerprint density at radius 3 is 2.33 bits per heavy atom. The molecular weight excluding hydrogens is 306 g/mol. The average molecular weight is 325 g/mol. The summed E-state index contributed by atoms with van der Waals surface area (Å²) in [5.41, 5.74) is 3.14. The minimum atomic E-state index is 0.458. The number of ether oxygens (including phenoxy) is 2. The number of rotatable bonds is 5. The fourth-order valence-corrected chi connectivity index (χ4v) is 2.67. The lowest BCUT2D eigenvalue weighted by molar-refractivity contribution is 0.182. The van der Waals surface area contributed by atoms with Crippen LogP contribution < -0.4 is 9.47 Å². The molecule has 0 bridgehead atoms. The molecule has 0 aliphatic rings. The van der Waals surface area contributed by atoms with Gasteiger partial charge in [0, 0.05) is 23.5 Å². The highest BCUT2D eigenvalue weighted by atomic mass is 16.5. The van der Waals surface area contributed by atoms with Gasteiger partial charge < -0.3 is 14.7 Å². The second-order valence-electron chi connectivity index (χ2n) is 5.20. The molecule has 3 aromatic rings. The van der Waals surface area contributed by atoms with Crippen molar-refractivity contribution in [3.8, 4) is 34.1 Å². The highest BCUT2D eigenvalue weighted by molar-refractivity contribution is 5.69. The third-order valence-electron chi connectivity index (χ3n) is 3.88. The molecule has 0 unspecified atom stereocenters. The summed E-state index contributed by atoms with van der Waals surface area (Å²) >= 11 is 0. The third-order valence-corrected chi connectivity index (χ3v) is 3.88. The maximum absolute atomic E-state index is 10.6. The van der Waals surface area contributed by atoms with Gasteiger partial charge in [0.1, 0.15) is 0 Å². The van der Waals surface area contributed by atoms with Crippen molar-refractivity contribution in [2.75, 3.05) is 14.2 Å². The molecule has 6 nitrogen and oxygen atoms in total. The van der Waals surface area contributed by atoms with Crippen molar-refractivity contribution < 1.29 is 14.7 Å². The lowest BCUT2D eigenvalue weighted by atomic mass is 10.1. The van der Waals surface area contributed by atoms with Crippen LogP contribution in [0.15, 0.2) is 42.7 Å². The molecular formula is C18H19N3O3. The summed E-state index contributed by atoms with van der Waals surface area (Å²) in [4.78, 5) is 8.67. The van der Waals surface area contributed by atoms with Crippen molar-refractivity contribution in [1.82, 2.24) is 14.7 Å². The second kappa shape index (κ2) is 6.62. The van der Waals surface area contributed by atoms with Crippen molar-refractivity contribution in [3.63, 3.8) is 0 Å². The van der Waals surface area contributed by atoms with Gasteiger partial charge in [0.15, 0.2) is 17.3 Å². The van der Waals surface area contributed by atoms with Crippen LogP contribution >= 0.6 is 0 Å². The summed E-state index contributed by atoms with van der Waals surface area (Å²) in [7, 11) is 3.16. The van der Waals surface area contributed by atoms with Crippen LogP contribution in [0.5, 0.6) is 11.5 Å². The van der Waals surface area contributed by atoms with Crippen molar-refractivity contribution in [2.24, 2.45) is 0 Å². The highest BCUT2D eigenvalue weighted by Crippen LogP contribution is 2.34. The van der Waals surface area contributed by atoms with Crippen molar-refractivity contribution in [1.29, 1.82) is 0 Å². The van der Waals surface area contributed by atoms with Crippen LogP contribution in [0, 0.1) is 0 Å². The molecule has 0 aliphatic carbocycles. The molecule has 2 aromatic heterocycles. The lowest BCUT2D eigenvalue weighted by Gasteiger charge is -2.09. The second-order valence-corrected chi connectivity index (χ2v) is 5.20. The van der Waals surface area contributed by atoms with Crippen molar-refractivity contribution in [2.45, 2.75) is 13.3 Å². The van der Waals surface area contributed by atoms with Gasteiger partial charge in [0.25, 0.3) is 0 Å². The Morgan fingerprint density at radius 1 is 1.00 bits per heavy atom. The Labute approximate surface area is 140 Å². The smallest absolute Gasteiger partial charge is 0.176 e. The van der Waals surface area contributed by atoms with Gasteiger partial charge in [0.2, 0.25) is 0 Å². The minimum absolute atomic E-state index is 0.458. The zero-order chi connectivity index (χ0) is 17.1. The van der Waals surface area contributed by atoms with E-state index in [4.69, 9.17) is 9.47 Å². The normalized spacial score (nSPS) is 10.6. The van der Waals surface area contributed by atoms with Gasteiger partial charge in [-0.2, -0.15) is 4.73 Å². The van der Waals surface area contributed by atoms with Crippen molar-refractivity contribution in [3.05, 3.63) is 48.4 Å². The molecule has 0 spiro atoms. The minimum Gasteiger partial charge on any atom is -0.493 e. The number of aromatic nitrogens is 3. The standard InChI is InChI=1S/C18H19N3O3/c1-4-14-17(12-7-9-19-10-8-12)20-18(21(14)22)13-5-6-15(23-2)16(11-13)24-3/h5-11,22H,4H2,1-3H3. The fraction of sp³-hybridized carbons (Fsp3) is 0.222. The average Bonchev–Trinajstić information content (AvgIpc) is 2.98. The van der Waals surface area contributed by atoms with Crippen LogP contribution in [0.25, 0.3) is 22.6 Å². The zero-order valence-corrected chi connectivity index (χ0v) is 13.9. The van der Waals surface area contributed by atoms with Crippen LogP contribution in [0.1, 0.15) is 12.6 Å². The van der Waals surface area contributed by atoms with Gasteiger partial charge in [-0.25, -0.2) is 4.98 Å². The van der Waals surface area contributed by atoms with E-state index in [0.29, 0.717) is 23.7 Å². The van der Waals surface area contributed by atoms with E-state index in [1.165, 1.54) is 0 Å². The molecule has 0 radical (unpaired) electrons. The van der Waals surface area contributed by atoms with E-state index in [2.05, 4.69) is 9.97 Å². The molecule has 3 rings (SSSR count). The summed E-state index contributed by atoms with van der Waals surface area (Å²) in [5, 5.41) is 10.6. The third kappa shape index (κ3) is 2.67. The molecule has 6 heteroatoms. The van der Waals surface area contributed by atoms with Gasteiger partial charge in [-0.1, -0.05) is 6.92 Å². The molecule has 0 saturated carbocycles. The number of benzene rings is 1. The quantitative estimate of drug-likeness (QED) is 0.728. The molecule has 24 heavy (non-hydrogen) atoms. The number of pyridine rings is 1. The number of imidazole rings is 1. The van der Waals surface area contributed by atoms with E-state index < -0.39 is 0 Å². The van der Waals surface area contributed by atoms with E-state index in [1.54, 1.807) is 38.7 Å². The summed E-state index contributed by atoms with van der Waals surface area (Å²) in [5.74, 6) is 1.67. The molecule has 0 saturated heterocycles. The van der Waals surface area contributed by atoms with Crippen LogP contribution in [0.4, 0.5) is 0 Å². The Kier molecular flexibility index (Phi) is 4.37. The first kappa shape index (κ1) is 15.9. The van der Waals surface area contributed by atoms with E-state index in [9.17, 15) is 5.21 Å². The summed E-state index contributed by atoms with van der Waals surface area (Å²) in [6.45, 7) is 1.98. The van der Waals surface area contributed by atoms with E-state index in [-0.39, 0.29) is 0 Å². The van der Waals surface area contributed by atoms with E-state index in [1.807, 2.05) is 25.1 Å². The number of hydrogen-bond donors (Lipinski definition) is 1. The summed E-state index contributed by atoms with van der Waals surface area (Å²) in [6, 6.07) is 9.18. The molecule has 0 aliphatic heterocycles. The number of nitrogens with zero attached hydrogens (tertiary/aromatic N) is 3. The van der Waals surface area contributed by atoms with Gasteiger partial charge >= 0.3 is 0 Å². The predicted molar refractivity (Wildman–Crippen MR) is 90.6 cm³/mol. The first-order valence-electron chi connectivity index (χ1n) is 7.63. The highest BCUT2D eigenvalue weighted by Gasteiger charge is 2.19. The largest absolute Gasteiger partial charge is 0.493 e. The summed E-state index contributed by atoms with van der Waals surface area (Å²) < 4.78 is 11.7. The van der Waals surface area contributed by atoms with Crippen LogP contribution in [-0.2, 0) is 6.42 Å². The van der Waals surface area contributed by atoms with Gasteiger partial charge in [0.05, 0.1) is 25.6 Å². The Bertz CT molecular complexity index is 844. The van der Waals surface area contributed by atoms with E-state index in [0.717, 1.165) is 27.2 Å². The monoisotopic (exact) mass is 325 g/mol. The molecule has 0 amide bonds. The van der Waals surface area contributed by atoms with E-state index >= 15 is 0 Å². The zero-order valence-electron chi connectivity index (χ0n) is 13.9. The van der Waals surface area contributed by atoms with Gasteiger partial charge in [-0.3, -0.25) is 4.98 Å². The molecule has 0 atom stereocenters. The summed E-state index contributed by atoms with van der Waals surface area (Å²) in [6.07, 6.45) is 4.07. The van der Waals surface area contributed by atoms with Crippen LogP contribution in [-0.4, -0.2) is 34.1 Å². The molecule has 124 valence electrons.